The summed E-state index contributed by atoms with van der Waals surface area (Å²) in [5.74, 6) is 0.0627. The van der Waals surface area contributed by atoms with Gasteiger partial charge < -0.3 is 10.1 Å². The molecule has 0 aliphatic rings. The minimum atomic E-state index is -0.307. The third kappa shape index (κ3) is 4.43. The molecule has 17 heavy (non-hydrogen) atoms. The number of rotatable bonds is 5. The van der Waals surface area contributed by atoms with E-state index < -0.39 is 0 Å². The van der Waals surface area contributed by atoms with Crippen molar-refractivity contribution in [2.45, 2.75) is 33.2 Å². The minimum absolute atomic E-state index is 0.0448. The first kappa shape index (κ1) is 13.5. The van der Waals surface area contributed by atoms with Crippen LogP contribution in [-0.2, 0) is 4.79 Å². The Morgan fingerprint density at radius 1 is 1.53 bits per heavy atom. The van der Waals surface area contributed by atoms with Crippen molar-refractivity contribution < 1.29 is 13.9 Å². The third-order valence-corrected chi connectivity index (χ3v) is 2.52. The lowest BCUT2D eigenvalue weighted by molar-refractivity contribution is -0.123. The molecule has 4 heteroatoms. The molecule has 0 bridgehead atoms. The zero-order valence-electron chi connectivity index (χ0n) is 10.4. The average Bonchev–Trinajstić information content (AvgIpc) is 2.27. The molecule has 0 aliphatic carbocycles. The summed E-state index contributed by atoms with van der Waals surface area (Å²) in [4.78, 5) is 11.5. The SMILES string of the molecule is CCC(C)NC(=O)COc1ccc(F)cc1C. The van der Waals surface area contributed by atoms with E-state index >= 15 is 0 Å². The fourth-order valence-electron chi connectivity index (χ4n) is 1.34. The highest BCUT2D eigenvalue weighted by molar-refractivity contribution is 5.77. The van der Waals surface area contributed by atoms with Crippen molar-refractivity contribution in [3.05, 3.63) is 29.6 Å². The van der Waals surface area contributed by atoms with Crippen molar-refractivity contribution >= 4 is 5.91 Å². The molecule has 0 aliphatic heterocycles. The number of benzene rings is 1. The van der Waals surface area contributed by atoms with E-state index in [-0.39, 0.29) is 24.4 Å². The highest BCUT2D eigenvalue weighted by atomic mass is 19.1. The second-order valence-corrected chi connectivity index (χ2v) is 4.08. The Hall–Kier alpha value is -1.58. The predicted molar refractivity (Wildman–Crippen MR) is 64.5 cm³/mol. The second-order valence-electron chi connectivity index (χ2n) is 4.08. The van der Waals surface area contributed by atoms with Gasteiger partial charge in [0.25, 0.3) is 5.91 Å². The molecule has 1 unspecified atom stereocenters. The van der Waals surface area contributed by atoms with Crippen LogP contribution in [0.15, 0.2) is 18.2 Å². The molecule has 3 nitrogen and oxygen atoms in total. The number of aryl methyl sites for hydroxylation is 1. The van der Waals surface area contributed by atoms with Crippen LogP contribution in [0.1, 0.15) is 25.8 Å². The van der Waals surface area contributed by atoms with Crippen LogP contribution in [-0.4, -0.2) is 18.6 Å². The molecule has 1 atom stereocenters. The summed E-state index contributed by atoms with van der Waals surface area (Å²) in [7, 11) is 0. The van der Waals surface area contributed by atoms with Crippen LogP contribution in [0, 0.1) is 12.7 Å². The molecule has 0 saturated carbocycles. The molecule has 1 amide bonds. The van der Waals surface area contributed by atoms with E-state index in [1.165, 1.54) is 18.2 Å². The van der Waals surface area contributed by atoms with Gasteiger partial charge in [0.15, 0.2) is 6.61 Å². The molecular weight excluding hydrogens is 221 g/mol. The first-order chi connectivity index (χ1) is 8.02. The summed E-state index contributed by atoms with van der Waals surface area (Å²) in [6.45, 7) is 5.62. The Kier molecular flexibility index (Phi) is 4.94. The van der Waals surface area contributed by atoms with Crippen molar-refractivity contribution in [3.63, 3.8) is 0 Å². The minimum Gasteiger partial charge on any atom is -0.484 e. The maximum Gasteiger partial charge on any atom is 0.258 e. The van der Waals surface area contributed by atoms with Gasteiger partial charge in [0, 0.05) is 6.04 Å². The summed E-state index contributed by atoms with van der Waals surface area (Å²) in [6.07, 6.45) is 0.876. The van der Waals surface area contributed by atoms with Gasteiger partial charge in [0.2, 0.25) is 0 Å². The molecule has 0 radical (unpaired) electrons. The zero-order valence-corrected chi connectivity index (χ0v) is 10.4. The molecule has 1 aromatic carbocycles. The highest BCUT2D eigenvalue weighted by Crippen LogP contribution is 2.18. The van der Waals surface area contributed by atoms with Gasteiger partial charge >= 0.3 is 0 Å². The third-order valence-electron chi connectivity index (χ3n) is 2.52. The number of amides is 1. The van der Waals surface area contributed by atoms with E-state index in [4.69, 9.17) is 4.74 Å². The predicted octanol–water partition coefficient (Wildman–Crippen LogP) is 2.43. The Morgan fingerprint density at radius 3 is 2.82 bits per heavy atom. The van der Waals surface area contributed by atoms with Gasteiger partial charge in [0.05, 0.1) is 0 Å². The first-order valence-corrected chi connectivity index (χ1v) is 5.71. The number of carbonyl (C=O) groups excluding carboxylic acids is 1. The molecule has 94 valence electrons. The topological polar surface area (TPSA) is 38.3 Å². The van der Waals surface area contributed by atoms with Crippen molar-refractivity contribution in [1.82, 2.24) is 5.32 Å². The lowest BCUT2D eigenvalue weighted by Gasteiger charge is -2.13. The number of hydrogen-bond donors (Lipinski definition) is 1. The fourth-order valence-corrected chi connectivity index (χ4v) is 1.34. The second kappa shape index (κ2) is 6.23. The molecular formula is C13H18FNO2. The fraction of sp³-hybridized carbons (Fsp3) is 0.462. The smallest absolute Gasteiger partial charge is 0.258 e. The van der Waals surface area contributed by atoms with Crippen LogP contribution in [0.3, 0.4) is 0 Å². The van der Waals surface area contributed by atoms with Gasteiger partial charge in [-0.3, -0.25) is 4.79 Å². The van der Waals surface area contributed by atoms with Gasteiger partial charge in [-0.25, -0.2) is 4.39 Å². The van der Waals surface area contributed by atoms with E-state index in [0.29, 0.717) is 11.3 Å². The Bertz CT molecular complexity index is 393. The normalized spacial score (nSPS) is 12.0. The molecule has 1 N–H and O–H groups in total. The van der Waals surface area contributed by atoms with Crippen LogP contribution >= 0.6 is 0 Å². The zero-order chi connectivity index (χ0) is 12.8. The van der Waals surface area contributed by atoms with Gasteiger partial charge in [-0.1, -0.05) is 6.92 Å². The monoisotopic (exact) mass is 239 g/mol. The molecule has 1 aromatic rings. The summed E-state index contributed by atoms with van der Waals surface area (Å²) in [5.41, 5.74) is 0.682. The van der Waals surface area contributed by atoms with Crippen LogP contribution < -0.4 is 10.1 Å². The lowest BCUT2D eigenvalue weighted by atomic mass is 10.2. The van der Waals surface area contributed by atoms with E-state index in [9.17, 15) is 9.18 Å². The number of carbonyl (C=O) groups is 1. The Morgan fingerprint density at radius 2 is 2.24 bits per heavy atom. The number of ether oxygens (including phenoxy) is 1. The van der Waals surface area contributed by atoms with Crippen molar-refractivity contribution in [1.29, 1.82) is 0 Å². The molecule has 0 saturated heterocycles. The van der Waals surface area contributed by atoms with E-state index in [1.807, 2.05) is 13.8 Å². The van der Waals surface area contributed by atoms with E-state index in [0.717, 1.165) is 6.42 Å². The van der Waals surface area contributed by atoms with Crippen LogP contribution in [0.4, 0.5) is 4.39 Å². The largest absolute Gasteiger partial charge is 0.484 e. The molecule has 1 rings (SSSR count). The van der Waals surface area contributed by atoms with Gasteiger partial charge in [-0.05, 0) is 44.0 Å². The van der Waals surface area contributed by atoms with Crippen molar-refractivity contribution in [2.75, 3.05) is 6.61 Å². The standard InChI is InChI=1S/C13H18FNO2/c1-4-10(3)15-13(16)8-17-12-6-5-11(14)7-9(12)2/h5-7,10H,4,8H2,1-3H3,(H,15,16). The lowest BCUT2D eigenvalue weighted by Crippen LogP contribution is -2.35. The van der Waals surface area contributed by atoms with Crippen molar-refractivity contribution in [2.24, 2.45) is 0 Å². The van der Waals surface area contributed by atoms with Crippen LogP contribution in [0.25, 0.3) is 0 Å². The quantitative estimate of drug-likeness (QED) is 0.857. The van der Waals surface area contributed by atoms with E-state index in [2.05, 4.69) is 5.32 Å². The molecule has 0 fully saturated rings. The maximum atomic E-state index is 12.8. The maximum absolute atomic E-state index is 12.8. The van der Waals surface area contributed by atoms with Gasteiger partial charge in [-0.15, -0.1) is 0 Å². The molecule has 0 spiro atoms. The Balaban J connectivity index is 2.47. The number of hydrogen-bond acceptors (Lipinski definition) is 2. The van der Waals surface area contributed by atoms with Gasteiger partial charge in [0.1, 0.15) is 11.6 Å². The van der Waals surface area contributed by atoms with Crippen molar-refractivity contribution in [3.8, 4) is 5.75 Å². The molecule has 0 heterocycles. The van der Waals surface area contributed by atoms with Crippen LogP contribution in [0.2, 0.25) is 0 Å². The molecule has 0 aromatic heterocycles. The summed E-state index contributed by atoms with van der Waals surface area (Å²) in [5, 5.41) is 2.79. The van der Waals surface area contributed by atoms with E-state index in [1.54, 1.807) is 6.92 Å². The summed E-state index contributed by atoms with van der Waals surface area (Å²) >= 11 is 0. The highest BCUT2D eigenvalue weighted by Gasteiger charge is 2.07. The summed E-state index contributed by atoms with van der Waals surface area (Å²) < 4.78 is 18.1. The number of halogens is 1. The van der Waals surface area contributed by atoms with Gasteiger partial charge in [-0.2, -0.15) is 0 Å². The summed E-state index contributed by atoms with van der Waals surface area (Å²) in [6, 6.07) is 4.36. The number of nitrogens with one attached hydrogen (secondary N) is 1. The van der Waals surface area contributed by atoms with Crippen LogP contribution in [0.5, 0.6) is 5.75 Å². The first-order valence-electron chi connectivity index (χ1n) is 5.71. The average molecular weight is 239 g/mol. The Labute approximate surface area is 101 Å².